The van der Waals surface area contributed by atoms with Crippen molar-refractivity contribution in [3.8, 4) is 6.07 Å². The predicted octanol–water partition coefficient (Wildman–Crippen LogP) is 1.97. The molecule has 2 nitrogen and oxygen atoms in total. The van der Waals surface area contributed by atoms with Gasteiger partial charge in [-0.3, -0.25) is 0 Å². The Bertz CT molecular complexity index is 132. The van der Waals surface area contributed by atoms with Crippen LogP contribution in [0.2, 0.25) is 0 Å². The third-order valence-electron chi connectivity index (χ3n) is 1.37. The number of hydrogen-bond donors (Lipinski definition) is 1. The number of hydrogen-bond acceptors (Lipinski definition) is 2. The van der Waals surface area contributed by atoms with Crippen LogP contribution >= 0.6 is 0 Å². The van der Waals surface area contributed by atoms with Gasteiger partial charge in [0.2, 0.25) is 0 Å². The summed E-state index contributed by atoms with van der Waals surface area (Å²) in [5.41, 5.74) is 0.556. The van der Waals surface area contributed by atoms with Crippen molar-refractivity contribution in [1.29, 1.82) is 10.7 Å². The molecule has 0 saturated carbocycles. The maximum atomic E-state index is 8.44. The van der Waals surface area contributed by atoms with E-state index in [1.54, 1.807) is 0 Å². The first-order valence-corrected chi connectivity index (χ1v) is 3.23. The molecule has 2 heteroatoms. The Labute approximate surface area is 56.0 Å². The predicted molar refractivity (Wildman–Crippen MR) is 37.4 cm³/mol. The van der Waals surface area contributed by atoms with E-state index in [1.807, 2.05) is 13.8 Å². The van der Waals surface area contributed by atoms with Gasteiger partial charge in [-0.2, -0.15) is 5.26 Å². The lowest BCUT2D eigenvalue weighted by Gasteiger charge is -2.03. The first-order chi connectivity index (χ1) is 4.26. The zero-order valence-corrected chi connectivity index (χ0v) is 5.94. The molecule has 0 aliphatic rings. The molecular weight excluding hydrogens is 112 g/mol. The number of rotatable bonds is 3. The number of nitriles is 1. The summed E-state index contributed by atoms with van der Waals surface area (Å²) in [6.07, 6.45) is 1.47. The monoisotopic (exact) mass is 124 g/mol. The SMILES string of the molecule is CCC(=N)C(C#N)CC. The molecule has 0 fully saturated rings. The topological polar surface area (TPSA) is 47.6 Å². The van der Waals surface area contributed by atoms with Crippen LogP contribution in [0.1, 0.15) is 26.7 Å². The van der Waals surface area contributed by atoms with Crippen LogP contribution in [0.3, 0.4) is 0 Å². The van der Waals surface area contributed by atoms with Gasteiger partial charge in [-0.05, 0) is 12.8 Å². The minimum absolute atomic E-state index is 0.144. The van der Waals surface area contributed by atoms with E-state index in [1.165, 1.54) is 0 Å². The molecule has 0 aromatic carbocycles. The molecule has 1 unspecified atom stereocenters. The minimum atomic E-state index is -0.144. The van der Waals surface area contributed by atoms with E-state index in [0.29, 0.717) is 12.1 Å². The Balaban J connectivity index is 3.84. The molecule has 0 aromatic rings. The molecule has 0 rings (SSSR count). The Morgan fingerprint density at radius 1 is 1.67 bits per heavy atom. The summed E-state index contributed by atoms with van der Waals surface area (Å²) in [5.74, 6) is -0.144. The lowest BCUT2D eigenvalue weighted by Crippen LogP contribution is -2.08. The number of nitrogens with one attached hydrogen (secondary N) is 1. The highest BCUT2D eigenvalue weighted by molar-refractivity contribution is 5.85. The van der Waals surface area contributed by atoms with E-state index in [9.17, 15) is 0 Å². The standard InChI is InChI=1S/C7H12N2/c1-3-6(5-8)7(9)4-2/h6,9H,3-4H2,1-2H3. The third-order valence-corrected chi connectivity index (χ3v) is 1.37. The summed E-state index contributed by atoms with van der Waals surface area (Å²) in [6, 6.07) is 2.08. The number of nitrogens with zero attached hydrogens (tertiary/aromatic N) is 1. The second-order valence-corrected chi connectivity index (χ2v) is 1.97. The van der Waals surface area contributed by atoms with Gasteiger partial charge < -0.3 is 5.41 Å². The van der Waals surface area contributed by atoms with Crippen LogP contribution in [0.4, 0.5) is 0 Å². The lowest BCUT2D eigenvalue weighted by molar-refractivity contribution is 0.805. The fourth-order valence-corrected chi connectivity index (χ4v) is 0.662. The van der Waals surface area contributed by atoms with Crippen LogP contribution in [0.25, 0.3) is 0 Å². The van der Waals surface area contributed by atoms with Crippen molar-refractivity contribution in [2.75, 3.05) is 0 Å². The van der Waals surface area contributed by atoms with Gasteiger partial charge in [-0.1, -0.05) is 13.8 Å². The fraction of sp³-hybridized carbons (Fsp3) is 0.714. The Morgan fingerprint density at radius 3 is 2.33 bits per heavy atom. The molecule has 0 aliphatic carbocycles. The highest BCUT2D eigenvalue weighted by Gasteiger charge is 2.07. The molecule has 0 aromatic heterocycles. The average Bonchev–Trinajstić information content (AvgIpc) is 1.90. The molecule has 0 spiro atoms. The van der Waals surface area contributed by atoms with Gasteiger partial charge in [0.15, 0.2) is 0 Å². The van der Waals surface area contributed by atoms with Crippen molar-refractivity contribution in [2.45, 2.75) is 26.7 Å². The molecule has 1 N–H and O–H groups in total. The summed E-state index contributed by atoms with van der Waals surface area (Å²) in [5, 5.41) is 15.7. The van der Waals surface area contributed by atoms with Crippen LogP contribution < -0.4 is 0 Å². The van der Waals surface area contributed by atoms with Gasteiger partial charge >= 0.3 is 0 Å². The Kier molecular flexibility index (Phi) is 3.70. The first kappa shape index (κ1) is 8.16. The highest BCUT2D eigenvalue weighted by atomic mass is 14.4. The summed E-state index contributed by atoms with van der Waals surface area (Å²) in [7, 11) is 0. The van der Waals surface area contributed by atoms with E-state index in [-0.39, 0.29) is 5.92 Å². The molecule has 1 atom stereocenters. The van der Waals surface area contributed by atoms with Crippen molar-refractivity contribution < 1.29 is 0 Å². The van der Waals surface area contributed by atoms with Gasteiger partial charge in [-0.15, -0.1) is 0 Å². The second kappa shape index (κ2) is 4.08. The van der Waals surface area contributed by atoms with Crippen molar-refractivity contribution in [1.82, 2.24) is 0 Å². The van der Waals surface area contributed by atoms with Crippen LogP contribution in [0.5, 0.6) is 0 Å². The molecule has 50 valence electrons. The van der Waals surface area contributed by atoms with Crippen LogP contribution in [-0.2, 0) is 0 Å². The van der Waals surface area contributed by atoms with Crippen LogP contribution in [-0.4, -0.2) is 5.71 Å². The molecular formula is C7H12N2. The normalized spacial score (nSPS) is 12.1. The van der Waals surface area contributed by atoms with Crippen molar-refractivity contribution in [3.05, 3.63) is 0 Å². The van der Waals surface area contributed by atoms with E-state index < -0.39 is 0 Å². The summed E-state index contributed by atoms with van der Waals surface area (Å²) in [4.78, 5) is 0. The summed E-state index contributed by atoms with van der Waals surface area (Å²) >= 11 is 0. The average molecular weight is 124 g/mol. The van der Waals surface area contributed by atoms with E-state index >= 15 is 0 Å². The largest absolute Gasteiger partial charge is 0.308 e. The first-order valence-electron chi connectivity index (χ1n) is 3.23. The molecule has 0 bridgehead atoms. The summed E-state index contributed by atoms with van der Waals surface area (Å²) in [6.45, 7) is 3.83. The molecule has 0 saturated heterocycles. The zero-order valence-electron chi connectivity index (χ0n) is 5.94. The van der Waals surface area contributed by atoms with Gasteiger partial charge in [0.25, 0.3) is 0 Å². The molecule has 9 heavy (non-hydrogen) atoms. The van der Waals surface area contributed by atoms with E-state index in [0.717, 1.165) is 6.42 Å². The van der Waals surface area contributed by atoms with E-state index in [2.05, 4.69) is 6.07 Å². The Hall–Kier alpha value is -0.840. The smallest absolute Gasteiger partial charge is 0.0835 e. The maximum absolute atomic E-state index is 8.44. The molecule has 0 amide bonds. The lowest BCUT2D eigenvalue weighted by atomic mass is 10.0. The second-order valence-electron chi connectivity index (χ2n) is 1.97. The van der Waals surface area contributed by atoms with Gasteiger partial charge in [0, 0.05) is 5.71 Å². The fourth-order valence-electron chi connectivity index (χ4n) is 0.662. The van der Waals surface area contributed by atoms with Crippen molar-refractivity contribution in [3.63, 3.8) is 0 Å². The maximum Gasteiger partial charge on any atom is 0.0835 e. The third kappa shape index (κ3) is 2.27. The van der Waals surface area contributed by atoms with Gasteiger partial charge in [-0.25, -0.2) is 0 Å². The summed E-state index contributed by atoms with van der Waals surface area (Å²) < 4.78 is 0. The minimum Gasteiger partial charge on any atom is -0.308 e. The van der Waals surface area contributed by atoms with Crippen molar-refractivity contribution >= 4 is 5.71 Å². The van der Waals surface area contributed by atoms with Crippen LogP contribution in [0, 0.1) is 22.7 Å². The molecule has 0 aliphatic heterocycles. The Morgan fingerprint density at radius 2 is 2.22 bits per heavy atom. The molecule has 0 heterocycles. The van der Waals surface area contributed by atoms with Gasteiger partial charge in [0.1, 0.15) is 0 Å². The highest BCUT2D eigenvalue weighted by Crippen LogP contribution is 2.04. The quantitative estimate of drug-likeness (QED) is 0.574. The zero-order chi connectivity index (χ0) is 7.28. The van der Waals surface area contributed by atoms with Crippen molar-refractivity contribution in [2.24, 2.45) is 5.92 Å². The van der Waals surface area contributed by atoms with E-state index in [4.69, 9.17) is 10.7 Å². The van der Waals surface area contributed by atoms with Crippen LogP contribution in [0.15, 0.2) is 0 Å². The molecule has 0 radical (unpaired) electrons. The van der Waals surface area contributed by atoms with Gasteiger partial charge in [0.05, 0.1) is 12.0 Å².